The smallest absolute Gasteiger partial charge is 0.416 e. The number of ether oxygens (including phenoxy) is 2. The monoisotopic (exact) mass is 456 g/mol. The van der Waals surface area contributed by atoms with Gasteiger partial charge in [-0.05, 0) is 56.2 Å². The molecule has 0 spiro atoms. The lowest BCUT2D eigenvalue weighted by atomic mass is 9.91. The lowest BCUT2D eigenvalue weighted by molar-refractivity contribution is -0.140. The molecule has 4 atom stereocenters. The first-order valence-electron chi connectivity index (χ1n) is 10.8. The number of methoxy groups -OCH3 is 1. The molecule has 0 heterocycles. The number of hydrogen-bond acceptors (Lipinski definition) is 5. The van der Waals surface area contributed by atoms with E-state index >= 15 is 0 Å². The molecule has 1 aliphatic carbocycles. The number of benzene rings is 1. The Morgan fingerprint density at radius 2 is 2.06 bits per heavy atom. The average molecular weight is 457 g/mol. The van der Waals surface area contributed by atoms with Gasteiger partial charge in [0.1, 0.15) is 18.5 Å². The molecule has 2 rings (SSSR count). The van der Waals surface area contributed by atoms with Gasteiger partial charge < -0.3 is 19.7 Å². The number of aliphatic hydroxyl groups is 2. The number of hydrogen-bond donors (Lipinski definition) is 2. The van der Waals surface area contributed by atoms with Gasteiger partial charge in [0.2, 0.25) is 0 Å². The van der Waals surface area contributed by atoms with Crippen LogP contribution in [0, 0.1) is 11.8 Å². The van der Waals surface area contributed by atoms with Crippen molar-refractivity contribution in [2.45, 2.75) is 56.9 Å². The molecule has 0 aliphatic heterocycles. The van der Waals surface area contributed by atoms with Crippen LogP contribution in [0.15, 0.2) is 48.6 Å². The zero-order valence-corrected chi connectivity index (χ0v) is 18.1. The molecule has 1 aromatic carbocycles. The van der Waals surface area contributed by atoms with E-state index in [-0.39, 0.29) is 30.2 Å². The van der Waals surface area contributed by atoms with E-state index in [9.17, 15) is 28.2 Å². The molecule has 1 aromatic rings. The van der Waals surface area contributed by atoms with Crippen LogP contribution >= 0.6 is 0 Å². The molecule has 0 amide bonds. The Morgan fingerprint density at radius 3 is 2.78 bits per heavy atom. The highest BCUT2D eigenvalue weighted by molar-refractivity contribution is 5.69. The first-order valence-corrected chi connectivity index (χ1v) is 10.8. The highest BCUT2D eigenvalue weighted by Crippen LogP contribution is 2.36. The van der Waals surface area contributed by atoms with Crippen LogP contribution < -0.4 is 4.74 Å². The van der Waals surface area contributed by atoms with Crippen molar-refractivity contribution in [1.82, 2.24) is 0 Å². The number of rotatable bonds is 11. The summed E-state index contributed by atoms with van der Waals surface area (Å²) in [4.78, 5) is 11.1. The number of carbonyl (C=O) groups excluding carboxylic acids is 1. The number of unbranched alkanes of at least 4 members (excludes halogenated alkanes) is 1. The predicted molar refractivity (Wildman–Crippen MR) is 114 cm³/mol. The minimum absolute atomic E-state index is 0.0309. The molecule has 0 radical (unpaired) electrons. The van der Waals surface area contributed by atoms with Gasteiger partial charge >= 0.3 is 12.1 Å². The van der Waals surface area contributed by atoms with Crippen molar-refractivity contribution in [2.24, 2.45) is 11.8 Å². The van der Waals surface area contributed by atoms with Crippen molar-refractivity contribution in [3.05, 3.63) is 54.1 Å². The molecular formula is C24H31F3O5. The van der Waals surface area contributed by atoms with Crippen LogP contribution in [0.25, 0.3) is 0 Å². The number of alkyl halides is 3. The van der Waals surface area contributed by atoms with Crippen LogP contribution in [0.5, 0.6) is 5.75 Å². The topological polar surface area (TPSA) is 76.0 Å². The van der Waals surface area contributed by atoms with E-state index in [0.29, 0.717) is 12.8 Å². The maximum Gasteiger partial charge on any atom is 0.416 e. The van der Waals surface area contributed by atoms with E-state index in [1.165, 1.54) is 25.3 Å². The Bertz CT molecular complexity index is 775. The maximum atomic E-state index is 12.8. The number of esters is 1. The second kappa shape index (κ2) is 12.6. The molecule has 1 fully saturated rings. The number of allylic oxidation sites excluding steroid dienone is 2. The zero-order chi connectivity index (χ0) is 23.6. The third-order valence-corrected chi connectivity index (χ3v) is 5.54. The van der Waals surface area contributed by atoms with Crippen molar-refractivity contribution >= 4 is 5.97 Å². The van der Waals surface area contributed by atoms with Crippen molar-refractivity contribution in [3.8, 4) is 5.75 Å². The average Bonchev–Trinajstić information content (AvgIpc) is 3.11. The minimum atomic E-state index is -4.46. The van der Waals surface area contributed by atoms with Crippen molar-refractivity contribution in [1.29, 1.82) is 0 Å². The van der Waals surface area contributed by atoms with E-state index in [4.69, 9.17) is 4.74 Å². The Kier molecular flexibility index (Phi) is 10.3. The standard InChI is InChI=1S/C24H31F3O5/c1-31-23(30)10-5-3-2-4-7-17-11-14-22(29)21(17)13-12-19(28)16-32-20-9-6-8-18(15-20)24(25,26)27/h2,4,6,8-9,12-13,15,17,19,21-22,28-29H,3,5,7,10-11,14,16H2,1H3. The third-order valence-electron chi connectivity index (χ3n) is 5.54. The zero-order valence-electron chi connectivity index (χ0n) is 18.1. The largest absolute Gasteiger partial charge is 0.491 e. The Morgan fingerprint density at radius 1 is 1.28 bits per heavy atom. The molecule has 32 heavy (non-hydrogen) atoms. The predicted octanol–water partition coefficient (Wildman–Crippen LogP) is 4.68. The summed E-state index contributed by atoms with van der Waals surface area (Å²) >= 11 is 0. The highest BCUT2D eigenvalue weighted by Gasteiger charge is 2.32. The molecule has 5 nitrogen and oxygen atoms in total. The van der Waals surface area contributed by atoms with Gasteiger partial charge in [0.15, 0.2) is 0 Å². The van der Waals surface area contributed by atoms with E-state index in [1.54, 1.807) is 6.08 Å². The normalized spacial score (nSPS) is 22.5. The van der Waals surface area contributed by atoms with Crippen LogP contribution in [0.3, 0.4) is 0 Å². The summed E-state index contributed by atoms with van der Waals surface area (Å²) in [7, 11) is 1.37. The fraction of sp³-hybridized carbons (Fsp3) is 0.542. The van der Waals surface area contributed by atoms with Gasteiger partial charge in [0.05, 0.1) is 18.8 Å². The van der Waals surface area contributed by atoms with Gasteiger partial charge in [0, 0.05) is 12.3 Å². The van der Waals surface area contributed by atoms with Gasteiger partial charge in [-0.3, -0.25) is 4.79 Å². The third kappa shape index (κ3) is 8.67. The summed E-state index contributed by atoms with van der Waals surface area (Å²) in [5, 5.41) is 20.4. The van der Waals surface area contributed by atoms with Crippen LogP contribution in [0.4, 0.5) is 13.2 Å². The van der Waals surface area contributed by atoms with Crippen molar-refractivity contribution < 1.29 is 37.7 Å². The summed E-state index contributed by atoms with van der Waals surface area (Å²) in [5.41, 5.74) is -0.810. The lowest BCUT2D eigenvalue weighted by Gasteiger charge is -2.18. The van der Waals surface area contributed by atoms with Gasteiger partial charge in [-0.15, -0.1) is 0 Å². The number of carbonyl (C=O) groups is 1. The first kappa shape index (κ1) is 25.9. The molecular weight excluding hydrogens is 425 g/mol. The van der Waals surface area contributed by atoms with Gasteiger partial charge in [-0.25, -0.2) is 0 Å². The summed E-state index contributed by atoms with van der Waals surface area (Å²) in [6, 6.07) is 4.51. The summed E-state index contributed by atoms with van der Waals surface area (Å²) in [5.74, 6) is -0.0749. The number of halogens is 3. The molecule has 0 bridgehead atoms. The fourth-order valence-electron chi connectivity index (χ4n) is 3.76. The molecule has 1 saturated carbocycles. The van der Waals surface area contributed by atoms with Gasteiger partial charge in [0.25, 0.3) is 0 Å². The van der Waals surface area contributed by atoms with E-state index < -0.39 is 23.9 Å². The highest BCUT2D eigenvalue weighted by atomic mass is 19.4. The van der Waals surface area contributed by atoms with Crippen LogP contribution in [0.2, 0.25) is 0 Å². The molecule has 4 unspecified atom stereocenters. The molecule has 0 aromatic heterocycles. The quantitative estimate of drug-likeness (QED) is 0.287. The Labute approximate surface area is 186 Å². The molecule has 178 valence electrons. The first-order chi connectivity index (χ1) is 15.2. The van der Waals surface area contributed by atoms with E-state index in [1.807, 2.05) is 12.2 Å². The van der Waals surface area contributed by atoms with E-state index in [0.717, 1.165) is 37.8 Å². The summed E-state index contributed by atoms with van der Waals surface area (Å²) in [6.45, 7) is -0.189. The second-order valence-corrected chi connectivity index (χ2v) is 7.95. The second-order valence-electron chi connectivity index (χ2n) is 7.95. The van der Waals surface area contributed by atoms with Crippen molar-refractivity contribution in [3.63, 3.8) is 0 Å². The SMILES string of the molecule is COC(=O)CCCC=CCC1CCC(O)C1C=CC(O)COc1cccc(C(F)(F)F)c1. The van der Waals surface area contributed by atoms with Crippen LogP contribution in [0.1, 0.15) is 44.1 Å². The molecule has 1 aliphatic rings. The van der Waals surface area contributed by atoms with Gasteiger partial charge in [-0.2, -0.15) is 13.2 Å². The van der Waals surface area contributed by atoms with Crippen molar-refractivity contribution in [2.75, 3.05) is 13.7 Å². The Hall–Kier alpha value is -2.32. The molecule has 8 heteroatoms. The minimum Gasteiger partial charge on any atom is -0.491 e. The fourth-order valence-corrected chi connectivity index (χ4v) is 3.76. The summed E-state index contributed by atoms with van der Waals surface area (Å²) < 4.78 is 48.2. The van der Waals surface area contributed by atoms with Gasteiger partial charge in [-0.1, -0.05) is 30.4 Å². The van der Waals surface area contributed by atoms with Crippen LogP contribution in [-0.4, -0.2) is 42.1 Å². The molecule has 0 saturated heterocycles. The van der Waals surface area contributed by atoms with Crippen LogP contribution in [-0.2, 0) is 15.7 Å². The lowest BCUT2D eigenvalue weighted by Crippen LogP contribution is -2.19. The maximum absolute atomic E-state index is 12.8. The molecule has 2 N–H and O–H groups in total. The summed E-state index contributed by atoms with van der Waals surface area (Å²) in [6.07, 6.45) is 5.60. The number of aliphatic hydroxyl groups excluding tert-OH is 2. The Balaban J connectivity index is 1.80. The van der Waals surface area contributed by atoms with E-state index in [2.05, 4.69) is 4.74 Å².